The molecule has 13 heteroatoms. The van der Waals surface area contributed by atoms with Gasteiger partial charge in [0, 0.05) is 30.6 Å². The monoisotopic (exact) mass is 491 g/mol. The van der Waals surface area contributed by atoms with Crippen LogP contribution < -0.4 is 15.2 Å². The maximum Gasteiger partial charge on any atom is 0.507 e. The summed E-state index contributed by atoms with van der Waals surface area (Å²) >= 11 is 0. The summed E-state index contributed by atoms with van der Waals surface area (Å²) in [7, 11) is 1.34. The highest BCUT2D eigenvalue weighted by molar-refractivity contribution is 6.09. The minimum atomic E-state index is -4.97. The Labute approximate surface area is 193 Å². The number of nitrogens with zero attached hydrogens (tertiary/aromatic N) is 4. The lowest BCUT2D eigenvalue weighted by Crippen LogP contribution is -2.52. The van der Waals surface area contributed by atoms with E-state index in [4.69, 9.17) is 5.73 Å². The molecule has 0 saturated heterocycles. The van der Waals surface area contributed by atoms with Crippen LogP contribution in [0.3, 0.4) is 0 Å². The third-order valence-corrected chi connectivity index (χ3v) is 5.67. The number of likely N-dealkylation sites (N-methyl/N-ethyl adjacent to an activating group) is 1. The number of hydrogen-bond acceptors (Lipinski definition) is 7. The Morgan fingerprint density at radius 1 is 0.914 bits per heavy atom. The molecule has 1 amide bonds. The molecule has 2 aliphatic heterocycles. The molecule has 1 atom stereocenters. The zero-order valence-corrected chi connectivity index (χ0v) is 17.7. The van der Waals surface area contributed by atoms with Crippen LogP contribution >= 0.6 is 0 Å². The van der Waals surface area contributed by atoms with Gasteiger partial charge >= 0.3 is 12.2 Å². The summed E-state index contributed by atoms with van der Waals surface area (Å²) in [4.78, 5) is 26.5. The van der Waals surface area contributed by atoms with Crippen LogP contribution in [0, 0.1) is 5.82 Å². The van der Waals surface area contributed by atoms with Crippen molar-refractivity contribution in [1.82, 2.24) is 14.9 Å². The van der Waals surface area contributed by atoms with Crippen molar-refractivity contribution in [2.45, 2.75) is 17.8 Å². The molecular weight excluding hydrogens is 477 g/mol. The lowest BCUT2D eigenvalue weighted by atomic mass is 9.81. The summed E-state index contributed by atoms with van der Waals surface area (Å²) in [5.74, 6) is -2.98. The maximum absolute atomic E-state index is 14.7. The normalized spacial score (nSPS) is 22.2. The Hall–Kier alpha value is -4.29. The number of fused-ring (bicyclic) bond motifs is 1. The van der Waals surface area contributed by atoms with E-state index in [0.717, 1.165) is 23.1 Å². The summed E-state index contributed by atoms with van der Waals surface area (Å²) in [6.07, 6.45) is -5.92. The van der Waals surface area contributed by atoms with E-state index in [9.17, 15) is 26.7 Å². The van der Waals surface area contributed by atoms with Gasteiger partial charge in [-0.05, 0) is 35.4 Å². The van der Waals surface area contributed by atoms with E-state index in [0.29, 0.717) is 5.56 Å². The average molecular weight is 491 g/mol. The van der Waals surface area contributed by atoms with Crippen LogP contribution in [0.25, 0.3) is 11.1 Å². The van der Waals surface area contributed by atoms with Gasteiger partial charge in [0.1, 0.15) is 12.1 Å². The standard InChI is InChI=1S/C22H14F5N5O3/c1-32-18(33)20(31-19(32)28,12-2-4-15(23)14(6-12)11-8-29-10-30-9-11)13-3-5-16-17(7-13)35-22(26,27)21(24,25)34-16/h2-10H,1H3,(H2,28,31). The number of aromatic nitrogens is 2. The third-order valence-electron chi connectivity index (χ3n) is 5.67. The Kier molecular flexibility index (Phi) is 4.73. The summed E-state index contributed by atoms with van der Waals surface area (Å²) in [6, 6.07) is 6.74. The van der Waals surface area contributed by atoms with Gasteiger partial charge in [0.25, 0.3) is 5.91 Å². The van der Waals surface area contributed by atoms with Crippen molar-refractivity contribution in [3.05, 3.63) is 72.1 Å². The highest BCUT2D eigenvalue weighted by Crippen LogP contribution is 2.49. The first-order chi connectivity index (χ1) is 16.5. The molecule has 35 heavy (non-hydrogen) atoms. The second-order valence-corrected chi connectivity index (χ2v) is 7.77. The van der Waals surface area contributed by atoms with E-state index < -0.39 is 41.0 Å². The summed E-state index contributed by atoms with van der Waals surface area (Å²) in [6.45, 7) is 0. The molecule has 1 aromatic heterocycles. The van der Waals surface area contributed by atoms with Crippen LogP contribution in [0.2, 0.25) is 0 Å². The number of ether oxygens (including phenoxy) is 2. The smallest absolute Gasteiger partial charge is 0.421 e. The molecule has 3 aromatic rings. The number of rotatable bonds is 3. The summed E-state index contributed by atoms with van der Waals surface area (Å²) < 4.78 is 77.8. The molecule has 1 unspecified atom stereocenters. The number of hydrogen-bond donors (Lipinski definition) is 1. The maximum atomic E-state index is 14.7. The number of benzene rings is 2. The van der Waals surface area contributed by atoms with Gasteiger partial charge in [-0.1, -0.05) is 12.1 Å². The van der Waals surface area contributed by atoms with Crippen LogP contribution in [0.4, 0.5) is 22.0 Å². The minimum absolute atomic E-state index is 0.0299. The lowest BCUT2D eigenvalue weighted by molar-refractivity contribution is -0.391. The first-order valence-corrected chi connectivity index (χ1v) is 9.93. The number of nitrogens with two attached hydrogens (primary N) is 1. The van der Waals surface area contributed by atoms with Crippen molar-refractivity contribution in [1.29, 1.82) is 0 Å². The number of amides is 1. The van der Waals surface area contributed by atoms with Gasteiger partial charge in [-0.2, -0.15) is 17.6 Å². The van der Waals surface area contributed by atoms with Gasteiger partial charge in [-0.25, -0.2) is 19.4 Å². The molecule has 3 heterocycles. The molecule has 2 aliphatic rings. The van der Waals surface area contributed by atoms with Crippen LogP contribution in [-0.2, 0) is 10.3 Å². The molecule has 0 bridgehead atoms. The quantitative estimate of drug-likeness (QED) is 0.565. The average Bonchev–Trinajstić information content (AvgIpc) is 3.05. The van der Waals surface area contributed by atoms with E-state index in [1.54, 1.807) is 0 Å². The molecule has 0 fully saturated rings. The number of aliphatic imine (C=N–C) groups is 1. The lowest BCUT2D eigenvalue weighted by Gasteiger charge is -2.33. The second-order valence-electron chi connectivity index (χ2n) is 7.77. The molecule has 0 saturated carbocycles. The van der Waals surface area contributed by atoms with Gasteiger partial charge in [0.15, 0.2) is 23.0 Å². The van der Waals surface area contributed by atoms with Crippen molar-refractivity contribution in [2.75, 3.05) is 7.05 Å². The van der Waals surface area contributed by atoms with E-state index >= 15 is 0 Å². The van der Waals surface area contributed by atoms with E-state index in [-0.39, 0.29) is 22.6 Å². The molecule has 8 nitrogen and oxygen atoms in total. The van der Waals surface area contributed by atoms with Crippen molar-refractivity contribution in [3.63, 3.8) is 0 Å². The first kappa shape index (κ1) is 22.5. The number of guanidine groups is 1. The highest BCUT2D eigenvalue weighted by atomic mass is 19.3. The zero-order valence-electron chi connectivity index (χ0n) is 17.7. The van der Waals surface area contributed by atoms with E-state index in [2.05, 4.69) is 24.4 Å². The van der Waals surface area contributed by atoms with Crippen LogP contribution in [0.1, 0.15) is 11.1 Å². The topological polar surface area (TPSA) is 103 Å². The summed E-state index contributed by atoms with van der Waals surface area (Å²) in [5.41, 5.74) is 4.32. The number of carbonyl (C=O) groups is 1. The Morgan fingerprint density at radius 3 is 2.14 bits per heavy atom. The third kappa shape index (κ3) is 3.26. The van der Waals surface area contributed by atoms with Crippen molar-refractivity contribution in [2.24, 2.45) is 10.7 Å². The fraction of sp³-hybridized carbons (Fsp3) is 0.182. The Bertz CT molecular complexity index is 1390. The molecule has 180 valence electrons. The van der Waals surface area contributed by atoms with Crippen LogP contribution in [-0.4, -0.2) is 46.0 Å². The van der Waals surface area contributed by atoms with E-state index in [1.165, 1.54) is 44.0 Å². The first-order valence-electron chi connectivity index (χ1n) is 9.93. The zero-order chi connectivity index (χ0) is 25.2. The molecular formula is C22H14F5N5O3. The van der Waals surface area contributed by atoms with Crippen molar-refractivity contribution < 1.29 is 36.2 Å². The molecule has 0 aliphatic carbocycles. The second kappa shape index (κ2) is 7.35. The predicted molar refractivity (Wildman–Crippen MR) is 110 cm³/mol. The molecule has 0 radical (unpaired) electrons. The molecule has 5 rings (SSSR count). The van der Waals surface area contributed by atoms with Gasteiger partial charge in [0.2, 0.25) is 0 Å². The van der Waals surface area contributed by atoms with Gasteiger partial charge in [-0.3, -0.25) is 9.69 Å². The number of carbonyl (C=O) groups excluding carboxylic acids is 1. The SMILES string of the molecule is CN1C(=O)C(c2ccc3c(c2)OC(F)(F)C(F)(F)O3)(c2ccc(F)c(-c3cncnc3)c2)N=C1N. The van der Waals surface area contributed by atoms with Crippen LogP contribution in [0.15, 0.2) is 60.1 Å². The van der Waals surface area contributed by atoms with Gasteiger partial charge in [-0.15, -0.1) is 0 Å². The number of alkyl halides is 4. The summed E-state index contributed by atoms with van der Waals surface area (Å²) in [5, 5.41) is 0. The van der Waals surface area contributed by atoms with Gasteiger partial charge < -0.3 is 15.2 Å². The molecule has 2 N–H and O–H groups in total. The fourth-order valence-corrected chi connectivity index (χ4v) is 3.89. The fourth-order valence-electron chi connectivity index (χ4n) is 3.89. The number of halogens is 5. The Balaban J connectivity index is 1.71. The molecule has 0 spiro atoms. The van der Waals surface area contributed by atoms with E-state index in [1.807, 2.05) is 0 Å². The largest absolute Gasteiger partial charge is 0.507 e. The highest BCUT2D eigenvalue weighted by Gasteiger charge is 2.66. The molecule has 2 aromatic carbocycles. The Morgan fingerprint density at radius 2 is 1.51 bits per heavy atom. The predicted octanol–water partition coefficient (Wildman–Crippen LogP) is 3.27. The van der Waals surface area contributed by atoms with Gasteiger partial charge in [0.05, 0.1) is 0 Å². The minimum Gasteiger partial charge on any atom is -0.421 e. The van der Waals surface area contributed by atoms with Crippen LogP contribution in [0.5, 0.6) is 11.5 Å². The van der Waals surface area contributed by atoms with Crippen molar-refractivity contribution >= 4 is 11.9 Å². The van der Waals surface area contributed by atoms with Crippen molar-refractivity contribution in [3.8, 4) is 22.6 Å².